The van der Waals surface area contributed by atoms with Crippen LogP contribution in [-0.4, -0.2) is 40.6 Å². The number of benzene rings is 2. The minimum absolute atomic E-state index is 0.151. The van der Waals surface area contributed by atoms with E-state index < -0.39 is 0 Å². The number of thioether (sulfide) groups is 1. The Hall–Kier alpha value is -2.71. The van der Waals surface area contributed by atoms with Crippen molar-refractivity contribution in [3.8, 4) is 22.9 Å². The molecule has 7 nitrogen and oxygen atoms in total. The zero-order valence-corrected chi connectivity index (χ0v) is 19.3. The summed E-state index contributed by atoms with van der Waals surface area (Å²) in [5.41, 5.74) is 1.57. The lowest BCUT2D eigenvalue weighted by Crippen LogP contribution is -2.14. The molecule has 164 valence electrons. The highest BCUT2D eigenvalue weighted by molar-refractivity contribution is 7.99. The van der Waals surface area contributed by atoms with Crippen LogP contribution < -0.4 is 14.8 Å². The maximum Gasteiger partial charge on any atom is 0.234 e. The van der Waals surface area contributed by atoms with E-state index in [4.69, 9.17) is 21.1 Å². The van der Waals surface area contributed by atoms with E-state index in [0.29, 0.717) is 21.6 Å². The summed E-state index contributed by atoms with van der Waals surface area (Å²) in [4.78, 5) is 12.4. The topological polar surface area (TPSA) is 78.3 Å². The highest BCUT2D eigenvalue weighted by Crippen LogP contribution is 2.28. The number of methoxy groups -OCH3 is 2. The summed E-state index contributed by atoms with van der Waals surface area (Å²) < 4.78 is 12.4. The molecule has 3 rings (SSSR count). The van der Waals surface area contributed by atoms with Gasteiger partial charge >= 0.3 is 0 Å². The van der Waals surface area contributed by atoms with Crippen molar-refractivity contribution in [1.82, 2.24) is 14.8 Å². The van der Waals surface area contributed by atoms with Crippen LogP contribution in [-0.2, 0) is 11.3 Å². The number of aromatic nitrogens is 3. The molecule has 3 aromatic rings. The van der Waals surface area contributed by atoms with E-state index in [1.165, 1.54) is 11.8 Å². The number of rotatable bonds is 10. The minimum Gasteiger partial charge on any atom is -0.497 e. The van der Waals surface area contributed by atoms with Crippen molar-refractivity contribution in [2.45, 2.75) is 31.5 Å². The van der Waals surface area contributed by atoms with Gasteiger partial charge in [0.15, 0.2) is 11.0 Å². The third kappa shape index (κ3) is 5.92. The maximum absolute atomic E-state index is 12.4. The average Bonchev–Trinajstić information content (AvgIpc) is 3.19. The van der Waals surface area contributed by atoms with E-state index in [-0.39, 0.29) is 11.7 Å². The number of hydrogen-bond acceptors (Lipinski definition) is 6. The number of hydrogen-bond donors (Lipinski definition) is 1. The molecule has 0 spiro atoms. The molecule has 9 heteroatoms. The maximum atomic E-state index is 12.4. The molecule has 2 aromatic carbocycles. The summed E-state index contributed by atoms with van der Waals surface area (Å²) in [6.45, 7) is 2.92. The number of carbonyl (C=O) groups excluding carboxylic acids is 1. The number of amides is 1. The van der Waals surface area contributed by atoms with Gasteiger partial charge in [-0.3, -0.25) is 4.79 Å². The van der Waals surface area contributed by atoms with Gasteiger partial charge in [-0.05, 0) is 48.9 Å². The fraction of sp³-hybridized carbons (Fsp3) is 0.318. The monoisotopic (exact) mass is 460 g/mol. The molecule has 1 N–H and O–H groups in total. The number of ether oxygens (including phenoxy) is 2. The van der Waals surface area contributed by atoms with Crippen molar-refractivity contribution in [3.05, 3.63) is 47.5 Å². The standard InChI is InChI=1S/C22H25ClN4O3S/c1-4-5-12-27-21(15-6-9-17(29-2)10-7-15)25-26-22(27)31-14-20(28)24-16-8-11-19(30-3)18(23)13-16/h6-11,13H,4-5,12,14H2,1-3H3,(H,24,28). The average molecular weight is 461 g/mol. The van der Waals surface area contributed by atoms with Crippen LogP contribution in [0.25, 0.3) is 11.4 Å². The van der Waals surface area contributed by atoms with Gasteiger partial charge in [-0.25, -0.2) is 0 Å². The lowest BCUT2D eigenvalue weighted by atomic mass is 10.2. The van der Waals surface area contributed by atoms with Crippen molar-refractivity contribution in [2.75, 3.05) is 25.3 Å². The SMILES string of the molecule is CCCCn1c(SCC(=O)Nc2ccc(OC)c(Cl)c2)nnc1-c1ccc(OC)cc1. The molecular formula is C22H25ClN4O3S. The molecule has 0 aliphatic rings. The van der Waals surface area contributed by atoms with Gasteiger partial charge in [-0.15, -0.1) is 10.2 Å². The minimum atomic E-state index is -0.151. The van der Waals surface area contributed by atoms with Gasteiger partial charge in [0.1, 0.15) is 11.5 Å². The van der Waals surface area contributed by atoms with E-state index in [9.17, 15) is 4.79 Å². The highest BCUT2D eigenvalue weighted by Gasteiger charge is 2.16. The lowest BCUT2D eigenvalue weighted by Gasteiger charge is -2.11. The number of nitrogens with one attached hydrogen (secondary N) is 1. The highest BCUT2D eigenvalue weighted by atomic mass is 35.5. The van der Waals surface area contributed by atoms with Gasteiger partial charge in [0.05, 0.1) is 25.0 Å². The number of nitrogens with zero attached hydrogens (tertiary/aromatic N) is 3. The predicted molar refractivity (Wildman–Crippen MR) is 124 cm³/mol. The molecule has 1 amide bonds. The van der Waals surface area contributed by atoms with Crippen molar-refractivity contribution < 1.29 is 14.3 Å². The molecule has 0 radical (unpaired) electrons. The normalized spacial score (nSPS) is 10.7. The second-order valence-corrected chi connectivity index (χ2v) is 8.08. The Balaban J connectivity index is 1.70. The van der Waals surface area contributed by atoms with Gasteiger partial charge in [0, 0.05) is 17.8 Å². The molecule has 1 aromatic heterocycles. The first-order valence-corrected chi connectivity index (χ1v) is 11.3. The molecule has 0 fully saturated rings. The van der Waals surface area contributed by atoms with E-state index >= 15 is 0 Å². The summed E-state index contributed by atoms with van der Waals surface area (Å²) in [5, 5.41) is 12.7. The first-order valence-electron chi connectivity index (χ1n) is 9.89. The van der Waals surface area contributed by atoms with Gasteiger partial charge in [0.25, 0.3) is 0 Å². The molecule has 0 unspecified atom stereocenters. The van der Waals surface area contributed by atoms with Gasteiger partial charge < -0.3 is 19.4 Å². The molecule has 0 saturated carbocycles. The summed E-state index contributed by atoms with van der Waals surface area (Å²) in [6, 6.07) is 12.8. The summed E-state index contributed by atoms with van der Waals surface area (Å²) >= 11 is 7.48. The van der Waals surface area contributed by atoms with Crippen LogP contribution in [0.5, 0.6) is 11.5 Å². The molecule has 0 bridgehead atoms. The Labute approximate surface area is 191 Å². The Morgan fingerprint density at radius 2 is 1.90 bits per heavy atom. The van der Waals surface area contributed by atoms with E-state index in [2.05, 4.69) is 27.0 Å². The fourth-order valence-electron chi connectivity index (χ4n) is 2.94. The van der Waals surface area contributed by atoms with Crippen molar-refractivity contribution in [3.63, 3.8) is 0 Å². The van der Waals surface area contributed by atoms with Gasteiger partial charge in [-0.1, -0.05) is 36.7 Å². The van der Waals surface area contributed by atoms with Gasteiger partial charge in [-0.2, -0.15) is 0 Å². The van der Waals surface area contributed by atoms with Crippen LogP contribution in [0, 0.1) is 0 Å². The van der Waals surface area contributed by atoms with Crippen LogP contribution in [0.15, 0.2) is 47.6 Å². The molecule has 0 atom stereocenters. The summed E-state index contributed by atoms with van der Waals surface area (Å²) in [6.07, 6.45) is 2.04. The largest absolute Gasteiger partial charge is 0.497 e. The number of anilines is 1. The molecule has 0 aliphatic heterocycles. The summed E-state index contributed by atoms with van der Waals surface area (Å²) in [5.74, 6) is 2.18. The lowest BCUT2D eigenvalue weighted by molar-refractivity contribution is -0.113. The smallest absolute Gasteiger partial charge is 0.234 e. The molecular weight excluding hydrogens is 436 g/mol. The number of carbonyl (C=O) groups is 1. The van der Waals surface area contributed by atoms with Gasteiger partial charge in [0.2, 0.25) is 5.91 Å². The molecule has 31 heavy (non-hydrogen) atoms. The Kier molecular flexibility index (Phi) is 8.20. The zero-order valence-electron chi connectivity index (χ0n) is 17.7. The molecule has 0 aliphatic carbocycles. The first kappa shape index (κ1) is 23.0. The quantitative estimate of drug-likeness (QED) is 0.422. The van der Waals surface area contributed by atoms with Crippen LogP contribution in [0.1, 0.15) is 19.8 Å². The number of halogens is 1. The van der Waals surface area contributed by atoms with E-state index in [0.717, 1.165) is 36.5 Å². The number of unbranched alkanes of at least 4 members (excludes halogenated alkanes) is 1. The second-order valence-electron chi connectivity index (χ2n) is 6.73. The van der Waals surface area contributed by atoms with Crippen LogP contribution in [0.3, 0.4) is 0 Å². The Morgan fingerprint density at radius 3 is 2.55 bits per heavy atom. The Morgan fingerprint density at radius 1 is 1.13 bits per heavy atom. The van der Waals surface area contributed by atoms with E-state index in [1.54, 1.807) is 32.4 Å². The second kappa shape index (κ2) is 11.1. The van der Waals surface area contributed by atoms with Crippen molar-refractivity contribution in [1.29, 1.82) is 0 Å². The van der Waals surface area contributed by atoms with E-state index in [1.807, 2.05) is 24.3 Å². The third-order valence-corrected chi connectivity index (χ3v) is 5.83. The van der Waals surface area contributed by atoms with Crippen molar-refractivity contribution in [2.24, 2.45) is 0 Å². The Bertz CT molecular complexity index is 1020. The third-order valence-electron chi connectivity index (χ3n) is 4.57. The predicted octanol–water partition coefficient (Wildman–Crippen LogP) is 5.15. The van der Waals surface area contributed by atoms with Crippen LogP contribution in [0.4, 0.5) is 5.69 Å². The van der Waals surface area contributed by atoms with Crippen LogP contribution >= 0.6 is 23.4 Å². The zero-order chi connectivity index (χ0) is 22.2. The van der Waals surface area contributed by atoms with Crippen LogP contribution in [0.2, 0.25) is 5.02 Å². The van der Waals surface area contributed by atoms with Crippen molar-refractivity contribution >= 4 is 35.0 Å². The molecule has 1 heterocycles. The molecule has 0 saturated heterocycles. The first-order chi connectivity index (χ1) is 15.0. The summed E-state index contributed by atoms with van der Waals surface area (Å²) in [7, 11) is 3.18. The fourth-order valence-corrected chi connectivity index (χ4v) is 3.96.